The molecule has 3 nitrogen and oxygen atoms in total. The first-order valence-electron chi connectivity index (χ1n) is 7.63. The standard InChI is InChI=1S/C17H18Cl2N2O/c1-11-15(16(22)13-9-5-6-10-14(13)18)17(19)21(20-11)12-7-3-2-4-8-12/h5-6,9-10,12H,2-4,7-8H2,1H3. The zero-order valence-corrected chi connectivity index (χ0v) is 14.0. The Morgan fingerprint density at radius 3 is 2.55 bits per heavy atom. The Balaban J connectivity index is 1.99. The van der Waals surface area contributed by atoms with Crippen molar-refractivity contribution >= 4 is 29.0 Å². The molecule has 0 bridgehead atoms. The molecular weight excluding hydrogens is 319 g/mol. The lowest BCUT2D eigenvalue weighted by molar-refractivity contribution is 0.103. The van der Waals surface area contributed by atoms with Crippen LogP contribution in [0.1, 0.15) is 59.8 Å². The lowest BCUT2D eigenvalue weighted by Gasteiger charge is -2.22. The fourth-order valence-corrected chi connectivity index (χ4v) is 3.74. The Morgan fingerprint density at radius 2 is 1.86 bits per heavy atom. The molecule has 1 aliphatic carbocycles. The van der Waals surface area contributed by atoms with E-state index in [0.29, 0.717) is 33.0 Å². The van der Waals surface area contributed by atoms with Crippen molar-refractivity contribution in [1.29, 1.82) is 0 Å². The average Bonchev–Trinajstić information content (AvgIpc) is 2.83. The summed E-state index contributed by atoms with van der Waals surface area (Å²) in [6, 6.07) is 7.34. The second kappa shape index (κ2) is 6.43. The molecule has 0 unspecified atom stereocenters. The molecule has 0 amide bonds. The second-order valence-corrected chi connectivity index (χ2v) is 6.56. The minimum absolute atomic E-state index is 0.157. The summed E-state index contributed by atoms with van der Waals surface area (Å²) < 4.78 is 1.83. The molecule has 22 heavy (non-hydrogen) atoms. The average molecular weight is 337 g/mol. The minimum Gasteiger partial charge on any atom is -0.288 e. The van der Waals surface area contributed by atoms with Gasteiger partial charge in [-0.1, -0.05) is 54.6 Å². The predicted molar refractivity (Wildman–Crippen MR) is 89.0 cm³/mol. The highest BCUT2D eigenvalue weighted by Gasteiger charge is 2.26. The van der Waals surface area contributed by atoms with E-state index in [2.05, 4.69) is 5.10 Å². The van der Waals surface area contributed by atoms with Crippen LogP contribution >= 0.6 is 23.2 Å². The first-order chi connectivity index (χ1) is 10.6. The van der Waals surface area contributed by atoms with E-state index in [1.165, 1.54) is 19.3 Å². The van der Waals surface area contributed by atoms with E-state index in [4.69, 9.17) is 23.2 Å². The van der Waals surface area contributed by atoms with Crippen molar-refractivity contribution in [2.45, 2.75) is 45.1 Å². The van der Waals surface area contributed by atoms with Crippen molar-refractivity contribution in [3.8, 4) is 0 Å². The van der Waals surface area contributed by atoms with Crippen LogP contribution in [0.5, 0.6) is 0 Å². The molecule has 0 spiro atoms. The molecule has 5 heteroatoms. The number of hydrogen-bond acceptors (Lipinski definition) is 2. The Morgan fingerprint density at radius 1 is 1.18 bits per heavy atom. The number of aryl methyl sites for hydroxylation is 1. The van der Waals surface area contributed by atoms with Gasteiger partial charge in [0.05, 0.1) is 22.3 Å². The smallest absolute Gasteiger partial charge is 0.199 e. The quantitative estimate of drug-likeness (QED) is 0.719. The largest absolute Gasteiger partial charge is 0.288 e. The van der Waals surface area contributed by atoms with Gasteiger partial charge in [0.1, 0.15) is 5.15 Å². The highest BCUT2D eigenvalue weighted by atomic mass is 35.5. The molecule has 2 aromatic rings. The van der Waals surface area contributed by atoms with Gasteiger partial charge in [0.2, 0.25) is 0 Å². The molecule has 3 rings (SSSR count). The van der Waals surface area contributed by atoms with E-state index < -0.39 is 0 Å². The number of hydrogen-bond donors (Lipinski definition) is 0. The number of ketones is 1. The molecule has 116 valence electrons. The first-order valence-corrected chi connectivity index (χ1v) is 8.39. The normalized spacial score (nSPS) is 16.0. The summed E-state index contributed by atoms with van der Waals surface area (Å²) in [4.78, 5) is 12.8. The van der Waals surface area contributed by atoms with Gasteiger partial charge in [0.25, 0.3) is 0 Å². The van der Waals surface area contributed by atoms with Gasteiger partial charge in [0.15, 0.2) is 5.78 Å². The maximum absolute atomic E-state index is 12.8. The highest BCUT2D eigenvalue weighted by Crippen LogP contribution is 2.34. The van der Waals surface area contributed by atoms with E-state index in [1.54, 1.807) is 24.3 Å². The summed E-state index contributed by atoms with van der Waals surface area (Å²) in [5.74, 6) is -0.157. The predicted octanol–water partition coefficient (Wildman–Crippen LogP) is 5.23. The fourth-order valence-electron chi connectivity index (χ4n) is 3.12. The van der Waals surface area contributed by atoms with Crippen LogP contribution in [0.4, 0.5) is 0 Å². The van der Waals surface area contributed by atoms with E-state index in [1.807, 2.05) is 11.6 Å². The highest BCUT2D eigenvalue weighted by molar-refractivity contribution is 6.37. The Hall–Kier alpha value is -1.32. The van der Waals surface area contributed by atoms with Gasteiger partial charge in [-0.15, -0.1) is 0 Å². The van der Waals surface area contributed by atoms with Crippen LogP contribution < -0.4 is 0 Å². The van der Waals surface area contributed by atoms with Crippen molar-refractivity contribution in [3.63, 3.8) is 0 Å². The van der Waals surface area contributed by atoms with Crippen molar-refractivity contribution < 1.29 is 4.79 Å². The van der Waals surface area contributed by atoms with Gasteiger partial charge in [-0.25, -0.2) is 4.68 Å². The monoisotopic (exact) mass is 336 g/mol. The van der Waals surface area contributed by atoms with E-state index >= 15 is 0 Å². The van der Waals surface area contributed by atoms with Crippen molar-refractivity contribution in [2.24, 2.45) is 0 Å². The molecule has 1 aromatic carbocycles. The van der Waals surface area contributed by atoms with Gasteiger partial charge in [-0.2, -0.15) is 5.10 Å². The lowest BCUT2D eigenvalue weighted by Crippen LogP contribution is -2.14. The summed E-state index contributed by atoms with van der Waals surface area (Å²) in [6.45, 7) is 1.83. The topological polar surface area (TPSA) is 34.9 Å². The first kappa shape index (κ1) is 15.6. The third kappa shape index (κ3) is 2.80. The third-order valence-corrected chi connectivity index (χ3v) is 4.98. The molecular formula is C17H18Cl2N2O. The van der Waals surface area contributed by atoms with Gasteiger partial charge < -0.3 is 0 Å². The number of benzene rings is 1. The Kier molecular flexibility index (Phi) is 4.55. The molecule has 0 atom stereocenters. The SMILES string of the molecule is Cc1nn(C2CCCCC2)c(Cl)c1C(=O)c1ccccc1Cl. The molecule has 0 radical (unpaired) electrons. The Labute approximate surface area is 140 Å². The molecule has 1 saturated carbocycles. The number of halogens is 2. The minimum atomic E-state index is -0.157. The molecule has 1 aliphatic rings. The molecule has 0 aliphatic heterocycles. The summed E-state index contributed by atoms with van der Waals surface area (Å²) in [6.07, 6.45) is 5.78. The zero-order chi connectivity index (χ0) is 15.7. The summed E-state index contributed by atoms with van der Waals surface area (Å²) >= 11 is 12.6. The van der Waals surface area contributed by atoms with Crippen LogP contribution in [0.2, 0.25) is 10.2 Å². The van der Waals surface area contributed by atoms with Crippen molar-refractivity contribution in [3.05, 3.63) is 51.3 Å². The molecule has 0 N–H and O–H groups in total. The summed E-state index contributed by atoms with van der Waals surface area (Å²) in [5, 5.41) is 5.41. The summed E-state index contributed by atoms with van der Waals surface area (Å²) in [7, 11) is 0. The van der Waals surface area contributed by atoms with Crippen molar-refractivity contribution in [2.75, 3.05) is 0 Å². The van der Waals surface area contributed by atoms with Gasteiger partial charge in [0, 0.05) is 5.56 Å². The number of carbonyl (C=O) groups excluding carboxylic acids is 1. The molecule has 0 saturated heterocycles. The van der Waals surface area contributed by atoms with Crippen LogP contribution in [0, 0.1) is 6.92 Å². The Bertz CT molecular complexity index is 703. The zero-order valence-electron chi connectivity index (χ0n) is 12.5. The van der Waals surface area contributed by atoms with Crippen LogP contribution in [-0.2, 0) is 0 Å². The fraction of sp³-hybridized carbons (Fsp3) is 0.412. The van der Waals surface area contributed by atoms with E-state index in [9.17, 15) is 4.79 Å². The van der Waals surface area contributed by atoms with Crippen LogP contribution in [0.25, 0.3) is 0 Å². The van der Waals surface area contributed by atoms with Crippen LogP contribution in [0.15, 0.2) is 24.3 Å². The van der Waals surface area contributed by atoms with Gasteiger partial charge in [-0.3, -0.25) is 4.79 Å². The summed E-state index contributed by atoms with van der Waals surface area (Å²) in [5.41, 5.74) is 1.61. The number of rotatable bonds is 3. The van der Waals surface area contributed by atoms with E-state index in [0.717, 1.165) is 12.8 Å². The van der Waals surface area contributed by atoms with Crippen LogP contribution in [-0.4, -0.2) is 15.6 Å². The lowest BCUT2D eigenvalue weighted by atomic mass is 9.96. The van der Waals surface area contributed by atoms with Gasteiger partial charge >= 0.3 is 0 Å². The molecule has 1 aromatic heterocycles. The molecule has 1 heterocycles. The maximum atomic E-state index is 12.8. The number of aromatic nitrogens is 2. The third-order valence-electron chi connectivity index (χ3n) is 4.29. The van der Waals surface area contributed by atoms with E-state index in [-0.39, 0.29) is 5.78 Å². The second-order valence-electron chi connectivity index (χ2n) is 5.80. The maximum Gasteiger partial charge on any atom is 0.199 e. The van der Waals surface area contributed by atoms with Crippen LogP contribution in [0.3, 0.4) is 0 Å². The number of nitrogens with zero attached hydrogens (tertiary/aromatic N) is 2. The number of carbonyl (C=O) groups is 1. The van der Waals surface area contributed by atoms with Crippen molar-refractivity contribution in [1.82, 2.24) is 9.78 Å². The molecule has 1 fully saturated rings. The van der Waals surface area contributed by atoms with Gasteiger partial charge in [-0.05, 0) is 31.9 Å².